The molecule has 0 unspecified atom stereocenters. The van der Waals surface area contributed by atoms with Crippen molar-refractivity contribution in [2.75, 3.05) is 11.4 Å². The number of unbranched alkanes of at least 4 members (excludes halogenated alkanes) is 1. The van der Waals surface area contributed by atoms with E-state index in [1.807, 2.05) is 12.1 Å². The molecule has 0 amide bonds. The molecule has 1 aliphatic carbocycles. The van der Waals surface area contributed by atoms with Gasteiger partial charge in [0.2, 0.25) is 0 Å². The summed E-state index contributed by atoms with van der Waals surface area (Å²) in [4.78, 5) is 2.52. The first kappa shape index (κ1) is 13.2. The van der Waals surface area contributed by atoms with Crippen molar-refractivity contribution in [3.8, 4) is 0 Å². The maximum atomic E-state index is 6.39. The van der Waals surface area contributed by atoms with Crippen molar-refractivity contribution in [1.29, 1.82) is 0 Å². The van der Waals surface area contributed by atoms with Gasteiger partial charge >= 0.3 is 0 Å². The molecule has 0 saturated heterocycles. The molecule has 0 aromatic heterocycles. The van der Waals surface area contributed by atoms with Gasteiger partial charge in [-0.05, 0) is 30.9 Å². The summed E-state index contributed by atoms with van der Waals surface area (Å²) in [7, 11) is 0. The summed E-state index contributed by atoms with van der Waals surface area (Å²) in [6.07, 6.45) is 5.11. The Morgan fingerprint density at radius 1 is 1.41 bits per heavy atom. The molecule has 1 aromatic carbocycles. The van der Waals surface area contributed by atoms with Gasteiger partial charge in [-0.2, -0.15) is 0 Å². The summed E-state index contributed by atoms with van der Waals surface area (Å²) in [5.74, 6) is 0. The Morgan fingerprint density at radius 2 is 2.18 bits per heavy atom. The lowest BCUT2D eigenvalue weighted by Gasteiger charge is -2.27. The number of hydrogen-bond acceptors (Lipinski definition) is 1. The molecule has 1 nitrogen and oxygen atoms in total. The van der Waals surface area contributed by atoms with Crippen LogP contribution < -0.4 is 4.90 Å². The van der Waals surface area contributed by atoms with Gasteiger partial charge < -0.3 is 4.90 Å². The molecular formula is C14H19BrClN. The van der Waals surface area contributed by atoms with E-state index in [4.69, 9.17) is 11.6 Å². The maximum absolute atomic E-state index is 6.39. The topological polar surface area (TPSA) is 3.24 Å². The second kappa shape index (κ2) is 6.10. The molecule has 0 atom stereocenters. The van der Waals surface area contributed by atoms with Crippen molar-refractivity contribution in [3.63, 3.8) is 0 Å². The SMILES string of the molecule is CCCCN(c1c(Cl)cccc1CBr)C1CC1. The van der Waals surface area contributed by atoms with Crippen LogP contribution in [0.3, 0.4) is 0 Å². The summed E-state index contributed by atoms with van der Waals surface area (Å²) in [5, 5.41) is 1.77. The molecule has 1 aromatic rings. The second-order valence-corrected chi connectivity index (χ2v) is 5.63. The Balaban J connectivity index is 2.27. The molecule has 0 radical (unpaired) electrons. The molecule has 1 aliphatic rings. The quantitative estimate of drug-likeness (QED) is 0.667. The van der Waals surface area contributed by atoms with Crippen molar-refractivity contribution in [2.24, 2.45) is 0 Å². The summed E-state index contributed by atoms with van der Waals surface area (Å²) in [6, 6.07) is 6.92. The van der Waals surface area contributed by atoms with Crippen LogP contribution in [0.15, 0.2) is 18.2 Å². The highest BCUT2D eigenvalue weighted by Crippen LogP contribution is 2.38. The fourth-order valence-corrected chi connectivity index (χ4v) is 2.94. The third-order valence-electron chi connectivity index (χ3n) is 3.24. The Labute approximate surface area is 117 Å². The minimum absolute atomic E-state index is 0.722. The third-order valence-corrected chi connectivity index (χ3v) is 4.15. The minimum atomic E-state index is 0.722. The Morgan fingerprint density at radius 3 is 2.76 bits per heavy atom. The Bertz CT molecular complexity index is 376. The summed E-state index contributed by atoms with van der Waals surface area (Å²) >= 11 is 9.95. The van der Waals surface area contributed by atoms with Crippen LogP contribution in [0.25, 0.3) is 0 Å². The van der Waals surface area contributed by atoms with E-state index >= 15 is 0 Å². The van der Waals surface area contributed by atoms with E-state index in [-0.39, 0.29) is 0 Å². The molecule has 0 spiro atoms. The lowest BCUT2D eigenvalue weighted by Crippen LogP contribution is -2.28. The van der Waals surface area contributed by atoms with Crippen LogP contribution in [-0.4, -0.2) is 12.6 Å². The standard InChI is InChI=1S/C14H19BrClN/c1-2-3-9-17(12-7-8-12)14-11(10-15)5-4-6-13(14)16/h4-6,12H,2-3,7-10H2,1H3. The molecule has 94 valence electrons. The number of halogens is 2. The van der Waals surface area contributed by atoms with Crippen LogP contribution in [0, 0.1) is 0 Å². The number of alkyl halides is 1. The second-order valence-electron chi connectivity index (χ2n) is 4.66. The van der Waals surface area contributed by atoms with Gasteiger partial charge in [0.25, 0.3) is 0 Å². The lowest BCUT2D eigenvalue weighted by molar-refractivity contribution is 0.711. The third kappa shape index (κ3) is 3.17. The van der Waals surface area contributed by atoms with Crippen LogP contribution in [0.1, 0.15) is 38.2 Å². The van der Waals surface area contributed by atoms with Gasteiger partial charge in [-0.25, -0.2) is 0 Å². The molecule has 0 heterocycles. The maximum Gasteiger partial charge on any atom is 0.0642 e. The van der Waals surface area contributed by atoms with Crippen LogP contribution >= 0.6 is 27.5 Å². The van der Waals surface area contributed by atoms with Crippen molar-refractivity contribution < 1.29 is 0 Å². The smallest absolute Gasteiger partial charge is 0.0642 e. The van der Waals surface area contributed by atoms with Gasteiger partial charge in [-0.1, -0.05) is 53.0 Å². The van der Waals surface area contributed by atoms with Gasteiger partial charge in [0, 0.05) is 17.9 Å². The van der Waals surface area contributed by atoms with Crippen molar-refractivity contribution >= 4 is 33.2 Å². The van der Waals surface area contributed by atoms with Crippen LogP contribution in [0.4, 0.5) is 5.69 Å². The molecule has 0 bridgehead atoms. The van der Waals surface area contributed by atoms with Gasteiger partial charge in [0.1, 0.15) is 0 Å². The summed E-state index contributed by atoms with van der Waals surface area (Å²) < 4.78 is 0. The van der Waals surface area contributed by atoms with Crippen molar-refractivity contribution in [2.45, 2.75) is 44.0 Å². The number of hydrogen-bond donors (Lipinski definition) is 0. The van der Waals surface area contributed by atoms with E-state index in [9.17, 15) is 0 Å². The average Bonchev–Trinajstić information content (AvgIpc) is 3.15. The first-order valence-corrected chi connectivity index (χ1v) is 7.87. The molecular weight excluding hydrogens is 298 g/mol. The van der Waals surface area contributed by atoms with E-state index < -0.39 is 0 Å². The number of nitrogens with zero attached hydrogens (tertiary/aromatic N) is 1. The van der Waals surface area contributed by atoms with Gasteiger partial charge in [-0.3, -0.25) is 0 Å². The van der Waals surface area contributed by atoms with E-state index in [2.05, 4.69) is 33.8 Å². The zero-order chi connectivity index (χ0) is 12.3. The number of anilines is 1. The molecule has 2 rings (SSSR count). The van der Waals surface area contributed by atoms with Gasteiger partial charge in [0.05, 0.1) is 10.7 Å². The van der Waals surface area contributed by atoms with Gasteiger partial charge in [-0.15, -0.1) is 0 Å². The predicted octanol–water partition coefficient (Wildman–Crippen LogP) is 5.00. The highest BCUT2D eigenvalue weighted by Gasteiger charge is 2.30. The van der Waals surface area contributed by atoms with E-state index in [0.717, 1.165) is 22.9 Å². The van der Waals surface area contributed by atoms with Crippen molar-refractivity contribution in [1.82, 2.24) is 0 Å². The molecule has 3 heteroatoms. The normalized spacial score (nSPS) is 15.0. The summed E-state index contributed by atoms with van der Waals surface area (Å²) in [6.45, 7) is 3.37. The number of rotatable bonds is 6. The first-order chi connectivity index (χ1) is 8.27. The summed E-state index contributed by atoms with van der Waals surface area (Å²) in [5.41, 5.74) is 2.56. The lowest BCUT2D eigenvalue weighted by atomic mass is 10.1. The average molecular weight is 317 g/mol. The number of para-hydroxylation sites is 1. The zero-order valence-corrected chi connectivity index (χ0v) is 12.6. The Hall–Kier alpha value is -0.210. The first-order valence-electron chi connectivity index (χ1n) is 6.38. The van der Waals surface area contributed by atoms with Gasteiger partial charge in [0.15, 0.2) is 0 Å². The minimum Gasteiger partial charge on any atom is -0.367 e. The van der Waals surface area contributed by atoms with Crippen LogP contribution in [-0.2, 0) is 5.33 Å². The van der Waals surface area contributed by atoms with Crippen LogP contribution in [0.2, 0.25) is 5.02 Å². The molecule has 0 N–H and O–H groups in total. The monoisotopic (exact) mass is 315 g/mol. The van der Waals surface area contributed by atoms with E-state index in [0.29, 0.717) is 0 Å². The molecule has 1 fully saturated rings. The Kier molecular flexibility index (Phi) is 4.75. The fourth-order valence-electron chi connectivity index (χ4n) is 2.18. The zero-order valence-electron chi connectivity index (χ0n) is 10.3. The van der Waals surface area contributed by atoms with Crippen molar-refractivity contribution in [3.05, 3.63) is 28.8 Å². The molecule has 17 heavy (non-hydrogen) atoms. The van der Waals surface area contributed by atoms with E-state index in [1.54, 1.807) is 0 Å². The highest BCUT2D eigenvalue weighted by molar-refractivity contribution is 9.08. The van der Waals surface area contributed by atoms with E-state index in [1.165, 1.54) is 36.9 Å². The molecule has 1 saturated carbocycles. The largest absolute Gasteiger partial charge is 0.367 e. The fraction of sp³-hybridized carbons (Fsp3) is 0.571. The van der Waals surface area contributed by atoms with Crippen LogP contribution in [0.5, 0.6) is 0 Å². The molecule has 0 aliphatic heterocycles. The number of benzene rings is 1. The highest BCUT2D eigenvalue weighted by atomic mass is 79.9. The predicted molar refractivity (Wildman–Crippen MR) is 79.4 cm³/mol.